The number of H-pyrrole nitrogens is 1. The molecule has 0 radical (unpaired) electrons. The number of carbonyl (C=O) groups is 1. The van der Waals surface area contributed by atoms with Gasteiger partial charge in [0.2, 0.25) is 0 Å². The number of rotatable bonds is 1. The van der Waals surface area contributed by atoms with Gasteiger partial charge in [-0.05, 0) is 30.6 Å². The summed E-state index contributed by atoms with van der Waals surface area (Å²) >= 11 is 0. The second-order valence-electron chi connectivity index (χ2n) is 5.70. The predicted molar refractivity (Wildman–Crippen MR) is 62.1 cm³/mol. The number of amides is 1. The van der Waals surface area contributed by atoms with Crippen LogP contribution in [0.2, 0.25) is 0 Å². The Hall–Kier alpha value is -1.32. The third-order valence-electron chi connectivity index (χ3n) is 3.60. The summed E-state index contributed by atoms with van der Waals surface area (Å²) in [6, 6.07) is 0. The highest BCUT2D eigenvalue weighted by Crippen LogP contribution is 2.37. The summed E-state index contributed by atoms with van der Waals surface area (Å²) in [6.45, 7) is 6.73. The number of carbonyl (C=O) groups excluding carboxylic acids is 1. The minimum atomic E-state index is -0.424. The first-order valence-corrected chi connectivity index (χ1v) is 5.75. The highest BCUT2D eigenvalue weighted by atomic mass is 16.1. The van der Waals surface area contributed by atoms with E-state index in [1.54, 1.807) is 0 Å². The fourth-order valence-corrected chi connectivity index (χ4v) is 2.44. The first kappa shape index (κ1) is 11.2. The zero-order valence-corrected chi connectivity index (χ0v) is 10.1. The molecule has 1 aromatic rings. The molecule has 1 heterocycles. The van der Waals surface area contributed by atoms with E-state index in [-0.39, 0.29) is 5.41 Å². The molecule has 0 aliphatic heterocycles. The molecule has 0 saturated carbocycles. The minimum absolute atomic E-state index is 0.268. The van der Waals surface area contributed by atoms with E-state index in [9.17, 15) is 4.79 Å². The highest BCUT2D eigenvalue weighted by molar-refractivity contribution is 5.92. The van der Waals surface area contributed by atoms with Crippen molar-refractivity contribution in [2.45, 2.75) is 40.0 Å². The maximum Gasteiger partial charge on any atom is 0.269 e. The largest absolute Gasteiger partial charge is 0.364 e. The molecule has 1 aliphatic rings. The van der Waals surface area contributed by atoms with Crippen molar-refractivity contribution >= 4 is 5.91 Å². The summed E-state index contributed by atoms with van der Waals surface area (Å²) in [5.41, 5.74) is 8.15. The van der Waals surface area contributed by atoms with Crippen LogP contribution in [0.5, 0.6) is 0 Å². The Bertz CT molecular complexity index is 414. The second-order valence-corrected chi connectivity index (χ2v) is 5.70. The average Bonchev–Trinajstić information content (AvgIpc) is 2.58. The van der Waals surface area contributed by atoms with E-state index in [2.05, 4.69) is 31.0 Å². The van der Waals surface area contributed by atoms with E-state index in [1.807, 2.05) is 0 Å². The number of nitrogens with one attached hydrogen (secondary N) is 1. The van der Waals surface area contributed by atoms with Crippen LogP contribution < -0.4 is 5.73 Å². The van der Waals surface area contributed by atoms with Crippen molar-refractivity contribution in [2.75, 3.05) is 0 Å². The van der Waals surface area contributed by atoms with E-state index in [4.69, 9.17) is 5.73 Å². The number of nitrogens with zero attached hydrogens (tertiary/aromatic N) is 1. The first-order valence-electron chi connectivity index (χ1n) is 5.75. The molecular weight excluding hydrogens is 202 g/mol. The van der Waals surface area contributed by atoms with Gasteiger partial charge in [-0.15, -0.1) is 0 Å². The monoisotopic (exact) mass is 221 g/mol. The number of aromatic amines is 1. The van der Waals surface area contributed by atoms with E-state index >= 15 is 0 Å². The molecule has 1 aromatic heterocycles. The van der Waals surface area contributed by atoms with Crippen LogP contribution in [0, 0.1) is 11.3 Å². The fraction of sp³-hybridized carbons (Fsp3) is 0.667. The number of fused-ring (bicyclic) bond motifs is 1. The molecule has 3 N–H and O–H groups in total. The number of hydrogen-bond donors (Lipinski definition) is 2. The third-order valence-corrected chi connectivity index (χ3v) is 3.60. The van der Waals surface area contributed by atoms with Gasteiger partial charge < -0.3 is 5.73 Å². The summed E-state index contributed by atoms with van der Waals surface area (Å²) in [4.78, 5) is 11.2. The van der Waals surface area contributed by atoms with Gasteiger partial charge in [-0.25, -0.2) is 0 Å². The van der Waals surface area contributed by atoms with Crippen molar-refractivity contribution < 1.29 is 4.79 Å². The van der Waals surface area contributed by atoms with Gasteiger partial charge in [-0.3, -0.25) is 9.89 Å². The third kappa shape index (κ3) is 1.84. The average molecular weight is 221 g/mol. The molecule has 4 nitrogen and oxygen atoms in total. The molecule has 88 valence electrons. The zero-order valence-electron chi connectivity index (χ0n) is 10.1. The van der Waals surface area contributed by atoms with Crippen LogP contribution in [-0.4, -0.2) is 16.1 Å². The summed E-state index contributed by atoms with van der Waals surface area (Å²) in [5.74, 6) is 0.169. The molecule has 1 unspecified atom stereocenters. The van der Waals surface area contributed by atoms with Gasteiger partial charge in [0.1, 0.15) is 0 Å². The Labute approximate surface area is 95.6 Å². The molecule has 0 spiro atoms. The molecule has 1 amide bonds. The van der Waals surface area contributed by atoms with Gasteiger partial charge in [0.05, 0.1) is 0 Å². The van der Waals surface area contributed by atoms with Gasteiger partial charge in [-0.2, -0.15) is 5.10 Å². The lowest BCUT2D eigenvalue weighted by atomic mass is 9.71. The van der Waals surface area contributed by atoms with Crippen LogP contribution in [0.4, 0.5) is 0 Å². The van der Waals surface area contributed by atoms with Crippen LogP contribution in [-0.2, 0) is 12.8 Å². The van der Waals surface area contributed by atoms with Gasteiger partial charge in [-0.1, -0.05) is 20.8 Å². The molecule has 1 aliphatic carbocycles. The van der Waals surface area contributed by atoms with Crippen molar-refractivity contribution in [3.8, 4) is 0 Å². The van der Waals surface area contributed by atoms with Crippen molar-refractivity contribution in [1.82, 2.24) is 10.2 Å². The lowest BCUT2D eigenvalue weighted by Gasteiger charge is -2.33. The van der Waals surface area contributed by atoms with Crippen molar-refractivity contribution in [3.05, 3.63) is 17.0 Å². The maximum atomic E-state index is 11.2. The Morgan fingerprint density at radius 3 is 2.75 bits per heavy atom. The molecule has 2 rings (SSSR count). The number of hydrogen-bond acceptors (Lipinski definition) is 2. The molecule has 0 saturated heterocycles. The molecule has 1 atom stereocenters. The van der Waals surface area contributed by atoms with Crippen LogP contribution in [0.15, 0.2) is 0 Å². The van der Waals surface area contributed by atoms with Crippen LogP contribution >= 0.6 is 0 Å². The van der Waals surface area contributed by atoms with Crippen LogP contribution in [0.1, 0.15) is 48.9 Å². The lowest BCUT2D eigenvalue weighted by Crippen LogP contribution is -2.28. The van der Waals surface area contributed by atoms with Crippen LogP contribution in [0.3, 0.4) is 0 Å². The number of primary amides is 1. The van der Waals surface area contributed by atoms with E-state index in [1.165, 1.54) is 0 Å². The van der Waals surface area contributed by atoms with E-state index in [0.717, 1.165) is 30.5 Å². The first-order chi connectivity index (χ1) is 7.39. The minimum Gasteiger partial charge on any atom is -0.364 e. The molecule has 16 heavy (non-hydrogen) atoms. The van der Waals surface area contributed by atoms with Gasteiger partial charge in [0.15, 0.2) is 5.69 Å². The smallest absolute Gasteiger partial charge is 0.269 e. The predicted octanol–water partition coefficient (Wildman–Crippen LogP) is 1.66. The number of aryl methyl sites for hydroxylation is 1. The summed E-state index contributed by atoms with van der Waals surface area (Å²) in [7, 11) is 0. The summed E-state index contributed by atoms with van der Waals surface area (Å²) < 4.78 is 0. The van der Waals surface area contributed by atoms with Crippen molar-refractivity contribution in [1.29, 1.82) is 0 Å². The Morgan fingerprint density at radius 1 is 1.50 bits per heavy atom. The number of aromatic nitrogens is 2. The zero-order chi connectivity index (χ0) is 11.9. The normalized spacial score (nSPS) is 20.6. The summed E-state index contributed by atoms with van der Waals surface area (Å²) in [6.07, 6.45) is 3.03. The number of nitrogens with two attached hydrogens (primary N) is 1. The quantitative estimate of drug-likeness (QED) is 0.757. The second kappa shape index (κ2) is 3.61. The molecule has 4 heteroatoms. The Morgan fingerprint density at radius 2 is 2.19 bits per heavy atom. The topological polar surface area (TPSA) is 71.8 Å². The summed E-state index contributed by atoms with van der Waals surface area (Å²) in [5, 5.41) is 6.94. The fourth-order valence-electron chi connectivity index (χ4n) is 2.44. The standard InChI is InChI=1S/C12H19N3O/c1-12(2,3)7-4-5-9-8(6-7)10(11(13)16)15-14-9/h7H,4-6H2,1-3H3,(H2,13,16)(H,14,15). The molecule has 0 fully saturated rings. The maximum absolute atomic E-state index is 11.2. The Kier molecular flexibility index (Phi) is 2.52. The molecular formula is C12H19N3O. The van der Waals surface area contributed by atoms with Crippen molar-refractivity contribution in [2.24, 2.45) is 17.1 Å². The van der Waals surface area contributed by atoms with Crippen molar-refractivity contribution in [3.63, 3.8) is 0 Å². The molecule has 0 bridgehead atoms. The Balaban J connectivity index is 2.31. The van der Waals surface area contributed by atoms with Gasteiger partial charge in [0, 0.05) is 11.3 Å². The van der Waals surface area contributed by atoms with E-state index < -0.39 is 5.91 Å². The van der Waals surface area contributed by atoms with Crippen LogP contribution in [0.25, 0.3) is 0 Å². The van der Waals surface area contributed by atoms with Gasteiger partial charge in [0.25, 0.3) is 5.91 Å². The van der Waals surface area contributed by atoms with Gasteiger partial charge >= 0.3 is 0 Å². The highest BCUT2D eigenvalue weighted by Gasteiger charge is 2.32. The molecule has 0 aromatic carbocycles. The van der Waals surface area contributed by atoms with E-state index in [0.29, 0.717) is 11.6 Å². The SMILES string of the molecule is CC(C)(C)C1CCc2[nH]nc(C(N)=O)c2C1. The lowest BCUT2D eigenvalue weighted by molar-refractivity contribution is 0.0993.